The molecular formula is C26H28N2O4S. The van der Waals surface area contributed by atoms with Gasteiger partial charge in [0.05, 0.1) is 16.6 Å². The minimum Gasteiger partial charge on any atom is -0.487 e. The third-order valence-electron chi connectivity index (χ3n) is 5.71. The van der Waals surface area contributed by atoms with Crippen LogP contribution in [0.15, 0.2) is 83.8 Å². The van der Waals surface area contributed by atoms with Crippen LogP contribution >= 0.6 is 0 Å². The van der Waals surface area contributed by atoms with Gasteiger partial charge in [0.25, 0.3) is 10.0 Å². The molecule has 0 fully saturated rings. The van der Waals surface area contributed by atoms with Crippen molar-refractivity contribution >= 4 is 21.6 Å². The number of anilines is 1. The van der Waals surface area contributed by atoms with Crippen LogP contribution in [-0.4, -0.2) is 26.5 Å². The van der Waals surface area contributed by atoms with Crippen molar-refractivity contribution in [3.63, 3.8) is 0 Å². The van der Waals surface area contributed by atoms with Crippen molar-refractivity contribution in [2.45, 2.75) is 43.7 Å². The van der Waals surface area contributed by atoms with E-state index in [2.05, 4.69) is 5.32 Å². The highest BCUT2D eigenvalue weighted by molar-refractivity contribution is 7.92. The predicted molar refractivity (Wildman–Crippen MR) is 129 cm³/mol. The zero-order valence-corrected chi connectivity index (χ0v) is 19.8. The van der Waals surface area contributed by atoms with Crippen LogP contribution in [0.1, 0.15) is 37.4 Å². The van der Waals surface area contributed by atoms with Crippen LogP contribution < -0.4 is 14.4 Å². The molecule has 0 bridgehead atoms. The molecule has 0 saturated carbocycles. The Bertz CT molecular complexity index is 1260. The highest BCUT2D eigenvalue weighted by atomic mass is 32.2. The van der Waals surface area contributed by atoms with Crippen LogP contribution in [0, 0.1) is 6.92 Å². The maximum atomic E-state index is 13.5. The number of hydrogen-bond acceptors (Lipinski definition) is 4. The van der Waals surface area contributed by atoms with E-state index in [-0.39, 0.29) is 23.4 Å². The number of nitrogens with one attached hydrogen (secondary N) is 1. The molecule has 6 nitrogen and oxygen atoms in total. The predicted octanol–water partition coefficient (Wildman–Crippen LogP) is 4.61. The zero-order valence-electron chi connectivity index (χ0n) is 19.0. The first-order chi connectivity index (χ1) is 15.7. The highest BCUT2D eigenvalue weighted by Gasteiger charge is 2.35. The first kappa shape index (κ1) is 22.9. The largest absolute Gasteiger partial charge is 0.487 e. The normalized spacial score (nSPS) is 16.9. The van der Waals surface area contributed by atoms with Crippen molar-refractivity contribution in [1.82, 2.24) is 5.32 Å². The fourth-order valence-corrected chi connectivity index (χ4v) is 5.67. The second kappa shape index (κ2) is 8.90. The number of amides is 1. The number of carbonyl (C=O) groups excluding carboxylic acids is 1. The van der Waals surface area contributed by atoms with Crippen LogP contribution in [0.25, 0.3) is 0 Å². The SMILES string of the molecule is Cc1ccccc1N(CC(=O)NC1CC(C)(C)Oc2ccccc21)S(=O)(=O)c1ccccc1. The van der Waals surface area contributed by atoms with E-state index in [0.717, 1.165) is 16.9 Å². The molecular weight excluding hydrogens is 436 g/mol. The van der Waals surface area contributed by atoms with Crippen LogP contribution in [-0.2, 0) is 14.8 Å². The summed E-state index contributed by atoms with van der Waals surface area (Å²) in [5.41, 5.74) is 1.67. The van der Waals surface area contributed by atoms with Crippen molar-refractivity contribution in [2.24, 2.45) is 0 Å². The third kappa shape index (κ3) is 4.88. The Morgan fingerprint density at radius 1 is 1.00 bits per heavy atom. The van der Waals surface area contributed by atoms with E-state index in [0.29, 0.717) is 12.1 Å². The van der Waals surface area contributed by atoms with Gasteiger partial charge in [0.1, 0.15) is 17.9 Å². The minimum atomic E-state index is -3.95. The molecule has 3 aromatic carbocycles. The number of rotatable bonds is 6. The number of benzene rings is 3. The molecule has 1 atom stereocenters. The molecule has 172 valence electrons. The van der Waals surface area contributed by atoms with Gasteiger partial charge in [-0.1, -0.05) is 54.6 Å². The molecule has 7 heteroatoms. The number of fused-ring (bicyclic) bond motifs is 1. The molecule has 1 amide bonds. The van der Waals surface area contributed by atoms with Gasteiger partial charge in [0.15, 0.2) is 0 Å². The summed E-state index contributed by atoms with van der Waals surface area (Å²) in [6.07, 6.45) is 0.575. The van der Waals surface area contributed by atoms with E-state index in [4.69, 9.17) is 4.74 Å². The second-order valence-corrected chi connectivity index (χ2v) is 10.7. The van der Waals surface area contributed by atoms with E-state index in [9.17, 15) is 13.2 Å². The average molecular weight is 465 g/mol. The summed E-state index contributed by atoms with van der Waals surface area (Å²) >= 11 is 0. The Kier molecular flexibility index (Phi) is 6.17. The zero-order chi connectivity index (χ0) is 23.6. The van der Waals surface area contributed by atoms with Gasteiger partial charge in [0, 0.05) is 12.0 Å². The smallest absolute Gasteiger partial charge is 0.264 e. The fraction of sp³-hybridized carbons (Fsp3) is 0.269. The lowest BCUT2D eigenvalue weighted by Gasteiger charge is -2.38. The monoisotopic (exact) mass is 464 g/mol. The quantitative estimate of drug-likeness (QED) is 0.578. The number of hydrogen-bond donors (Lipinski definition) is 1. The van der Waals surface area contributed by atoms with Crippen LogP contribution in [0.5, 0.6) is 5.75 Å². The van der Waals surface area contributed by atoms with Gasteiger partial charge in [0.2, 0.25) is 5.91 Å². The molecule has 1 unspecified atom stereocenters. The van der Waals surface area contributed by atoms with Crippen LogP contribution in [0.2, 0.25) is 0 Å². The molecule has 1 N–H and O–H groups in total. The Labute approximate surface area is 195 Å². The van der Waals surface area contributed by atoms with Crippen molar-refractivity contribution < 1.29 is 17.9 Å². The average Bonchev–Trinajstić information content (AvgIpc) is 2.78. The standard InChI is InChI=1S/C26H28N2O4S/c1-19-11-7-9-15-23(19)28(33(30,31)20-12-5-4-6-13-20)18-25(29)27-22-17-26(2,3)32-24-16-10-8-14-21(22)24/h4-16,22H,17-18H2,1-3H3,(H,27,29). The number of aryl methyl sites for hydroxylation is 1. The maximum absolute atomic E-state index is 13.5. The van der Waals surface area contributed by atoms with Gasteiger partial charge >= 0.3 is 0 Å². The van der Waals surface area contributed by atoms with Gasteiger partial charge in [-0.25, -0.2) is 8.42 Å². The van der Waals surface area contributed by atoms with Crippen LogP contribution in [0.3, 0.4) is 0 Å². The topological polar surface area (TPSA) is 75.7 Å². The third-order valence-corrected chi connectivity index (χ3v) is 7.49. The summed E-state index contributed by atoms with van der Waals surface area (Å²) in [4.78, 5) is 13.4. The first-order valence-electron chi connectivity index (χ1n) is 10.9. The van der Waals surface area contributed by atoms with Gasteiger partial charge in [-0.05, 0) is 50.6 Å². The lowest BCUT2D eigenvalue weighted by atomic mass is 9.89. The lowest BCUT2D eigenvalue weighted by Crippen LogP contribution is -2.45. The molecule has 0 aromatic heterocycles. The molecule has 0 aliphatic carbocycles. The lowest BCUT2D eigenvalue weighted by molar-refractivity contribution is -0.120. The second-order valence-electron chi connectivity index (χ2n) is 8.84. The summed E-state index contributed by atoms with van der Waals surface area (Å²) in [6.45, 7) is 5.45. The summed E-state index contributed by atoms with van der Waals surface area (Å²) in [6, 6.07) is 22.7. The number of nitrogens with zero attached hydrogens (tertiary/aromatic N) is 1. The fourth-order valence-electron chi connectivity index (χ4n) is 4.16. The van der Waals surface area contributed by atoms with E-state index in [1.165, 1.54) is 16.4 Å². The molecule has 1 heterocycles. The van der Waals surface area contributed by atoms with Crippen molar-refractivity contribution in [3.05, 3.63) is 90.0 Å². The Morgan fingerprint density at radius 2 is 1.64 bits per heavy atom. The van der Waals surface area contributed by atoms with Crippen molar-refractivity contribution in [1.29, 1.82) is 0 Å². The van der Waals surface area contributed by atoms with Gasteiger partial charge in [-0.3, -0.25) is 9.10 Å². The van der Waals surface area contributed by atoms with E-state index in [1.54, 1.807) is 30.3 Å². The Hall–Kier alpha value is -3.32. The molecule has 3 aromatic rings. The maximum Gasteiger partial charge on any atom is 0.264 e. The minimum absolute atomic E-state index is 0.138. The van der Waals surface area contributed by atoms with Gasteiger partial charge in [-0.15, -0.1) is 0 Å². The Balaban J connectivity index is 1.65. The van der Waals surface area contributed by atoms with Crippen molar-refractivity contribution in [3.8, 4) is 5.75 Å². The number of sulfonamides is 1. The van der Waals surface area contributed by atoms with Crippen molar-refractivity contribution in [2.75, 3.05) is 10.8 Å². The van der Waals surface area contributed by atoms with E-state index in [1.807, 2.05) is 57.2 Å². The molecule has 4 rings (SSSR count). The molecule has 0 spiro atoms. The van der Waals surface area contributed by atoms with Gasteiger partial charge < -0.3 is 10.1 Å². The first-order valence-corrected chi connectivity index (χ1v) is 12.3. The molecule has 33 heavy (non-hydrogen) atoms. The number of ether oxygens (including phenoxy) is 1. The summed E-state index contributed by atoms with van der Waals surface area (Å²) in [5, 5.41) is 3.05. The summed E-state index contributed by atoms with van der Waals surface area (Å²) < 4.78 is 34.3. The molecule has 1 aliphatic rings. The molecule has 1 aliphatic heterocycles. The van der Waals surface area contributed by atoms with Gasteiger partial charge in [-0.2, -0.15) is 0 Å². The van der Waals surface area contributed by atoms with Crippen LogP contribution in [0.4, 0.5) is 5.69 Å². The highest BCUT2D eigenvalue weighted by Crippen LogP contribution is 2.39. The summed E-state index contributed by atoms with van der Waals surface area (Å²) in [7, 11) is -3.95. The molecule has 0 saturated heterocycles. The van der Waals surface area contributed by atoms with E-state index < -0.39 is 15.6 Å². The number of carbonyl (C=O) groups is 1. The van der Waals surface area contributed by atoms with E-state index >= 15 is 0 Å². The number of para-hydroxylation sites is 2. The summed E-state index contributed by atoms with van der Waals surface area (Å²) in [5.74, 6) is 0.349. The Morgan fingerprint density at radius 3 is 2.36 bits per heavy atom. The molecule has 0 radical (unpaired) electrons.